The van der Waals surface area contributed by atoms with Crippen LogP contribution in [-0.4, -0.2) is 5.97 Å². The Kier molecular flexibility index (Phi) is 2.48. The van der Waals surface area contributed by atoms with Crippen molar-refractivity contribution >= 4 is 12.0 Å². The van der Waals surface area contributed by atoms with Crippen LogP contribution in [0, 0.1) is 0 Å². The second-order valence-corrected chi connectivity index (χ2v) is 1.98. The van der Waals surface area contributed by atoms with Gasteiger partial charge in [0.1, 0.15) is 0 Å². The lowest BCUT2D eigenvalue weighted by molar-refractivity contribution is -0.129. The molecule has 12 heavy (non-hydrogen) atoms. The molecule has 0 bridgehead atoms. The van der Waals surface area contributed by atoms with Crippen molar-refractivity contribution in [2.75, 3.05) is 0 Å². The molecule has 1 rings (SSSR count). The minimum absolute atomic E-state index is 0.356. The van der Waals surface area contributed by atoms with Gasteiger partial charge in [0, 0.05) is 12.1 Å². The molecule has 0 aliphatic rings. The van der Waals surface area contributed by atoms with E-state index >= 15 is 0 Å². The first-order valence-electron chi connectivity index (χ1n) is 3.32. The number of carbonyl (C=O) groups excluding carboxylic acids is 1. The fraction of sp³-hybridized carbons (Fsp3) is 0. The highest BCUT2D eigenvalue weighted by atomic mass is 16.5. The summed E-state index contributed by atoms with van der Waals surface area (Å²) in [6.45, 7) is 6.75. The molecule has 0 spiro atoms. The van der Waals surface area contributed by atoms with Crippen molar-refractivity contribution in [3.05, 3.63) is 37.3 Å². The monoisotopic (exact) mass is 164 g/mol. The summed E-state index contributed by atoms with van der Waals surface area (Å²) in [5.74, 6) is 0.277. The van der Waals surface area contributed by atoms with Gasteiger partial charge in [-0.05, 0) is 6.08 Å². The number of hydrogen-bond acceptors (Lipinski definition) is 3. The summed E-state index contributed by atoms with van der Waals surface area (Å²) in [4.78, 5) is 10.7. The summed E-state index contributed by atoms with van der Waals surface area (Å²) in [5, 5.41) is 0. The zero-order chi connectivity index (χ0) is 8.97. The third kappa shape index (κ3) is 1.63. The van der Waals surface area contributed by atoms with Crippen LogP contribution in [0.3, 0.4) is 0 Å². The van der Waals surface area contributed by atoms with Crippen molar-refractivity contribution in [2.45, 2.75) is 0 Å². The molecule has 0 atom stereocenters. The molecular formula is C9H8O3. The number of hydrogen-bond donors (Lipinski definition) is 0. The fourth-order valence-electron chi connectivity index (χ4n) is 0.692. The smallest absolute Gasteiger partial charge is 0.335 e. The normalized spacial score (nSPS) is 9.00. The lowest BCUT2D eigenvalue weighted by Gasteiger charge is -1.96. The van der Waals surface area contributed by atoms with Crippen molar-refractivity contribution in [2.24, 2.45) is 0 Å². The highest BCUT2D eigenvalue weighted by Crippen LogP contribution is 2.20. The van der Waals surface area contributed by atoms with E-state index in [-0.39, 0.29) is 0 Å². The van der Waals surface area contributed by atoms with Gasteiger partial charge < -0.3 is 9.15 Å². The Morgan fingerprint density at radius 3 is 2.92 bits per heavy atom. The zero-order valence-electron chi connectivity index (χ0n) is 6.45. The molecule has 1 aromatic heterocycles. The van der Waals surface area contributed by atoms with Gasteiger partial charge in [0.25, 0.3) is 0 Å². The first-order chi connectivity index (χ1) is 5.77. The minimum Gasteiger partial charge on any atom is -0.461 e. The van der Waals surface area contributed by atoms with Gasteiger partial charge in [0.15, 0.2) is 11.5 Å². The maximum atomic E-state index is 10.7. The number of rotatable bonds is 3. The van der Waals surface area contributed by atoms with E-state index in [1.54, 1.807) is 6.07 Å². The lowest BCUT2D eigenvalue weighted by Crippen LogP contribution is -2.02. The Bertz CT molecular complexity index is 309. The van der Waals surface area contributed by atoms with Crippen LogP contribution in [0.4, 0.5) is 0 Å². The van der Waals surface area contributed by atoms with Gasteiger partial charge in [-0.15, -0.1) is 0 Å². The van der Waals surface area contributed by atoms with Gasteiger partial charge in [-0.25, -0.2) is 4.79 Å². The third-order valence-corrected chi connectivity index (χ3v) is 1.22. The lowest BCUT2D eigenvalue weighted by atomic mass is 10.4. The quantitative estimate of drug-likeness (QED) is 0.506. The van der Waals surface area contributed by atoms with Crippen LogP contribution in [0.15, 0.2) is 36.0 Å². The molecule has 1 aromatic rings. The largest absolute Gasteiger partial charge is 0.461 e. The summed E-state index contributed by atoms with van der Waals surface area (Å²) in [5.41, 5.74) is 0. The van der Waals surface area contributed by atoms with Crippen molar-refractivity contribution < 1.29 is 13.9 Å². The van der Waals surface area contributed by atoms with E-state index < -0.39 is 5.97 Å². The Hall–Kier alpha value is -1.77. The van der Waals surface area contributed by atoms with Crippen LogP contribution in [-0.2, 0) is 4.79 Å². The number of ether oxygens (including phenoxy) is 1. The van der Waals surface area contributed by atoms with Crippen molar-refractivity contribution in [3.8, 4) is 5.75 Å². The second-order valence-electron chi connectivity index (χ2n) is 1.98. The van der Waals surface area contributed by atoms with E-state index in [0.29, 0.717) is 11.5 Å². The number of furan rings is 1. The highest BCUT2D eigenvalue weighted by molar-refractivity contribution is 5.83. The average Bonchev–Trinajstić information content (AvgIpc) is 2.51. The highest BCUT2D eigenvalue weighted by Gasteiger charge is 2.06. The van der Waals surface area contributed by atoms with Crippen molar-refractivity contribution in [1.82, 2.24) is 0 Å². The van der Waals surface area contributed by atoms with E-state index in [4.69, 9.17) is 9.15 Å². The second kappa shape index (κ2) is 3.57. The molecule has 0 unspecified atom stereocenters. The standard InChI is InChI=1S/C9H8O3/c1-3-7-8(5-6-11-7)12-9(10)4-2/h3-6H,1-2H2. The molecule has 0 aliphatic carbocycles. The molecule has 3 nitrogen and oxygen atoms in total. The molecular weight excluding hydrogens is 156 g/mol. The molecule has 0 saturated carbocycles. The minimum atomic E-state index is -0.514. The van der Waals surface area contributed by atoms with Crippen LogP contribution in [0.2, 0.25) is 0 Å². The summed E-state index contributed by atoms with van der Waals surface area (Å²) in [7, 11) is 0. The first-order valence-corrected chi connectivity index (χ1v) is 3.32. The predicted octanol–water partition coefficient (Wildman–Crippen LogP) is 2.01. The number of esters is 1. The van der Waals surface area contributed by atoms with E-state index in [2.05, 4.69) is 13.2 Å². The molecule has 0 aliphatic heterocycles. The molecule has 0 fully saturated rings. The van der Waals surface area contributed by atoms with Crippen LogP contribution in [0.1, 0.15) is 5.76 Å². The first kappa shape index (κ1) is 8.33. The van der Waals surface area contributed by atoms with Gasteiger partial charge in [0.2, 0.25) is 0 Å². The van der Waals surface area contributed by atoms with Crippen molar-refractivity contribution in [1.29, 1.82) is 0 Å². The SMILES string of the molecule is C=CC(=O)Oc1ccoc1C=C. The Labute approximate surface area is 69.9 Å². The molecule has 0 saturated heterocycles. The molecule has 3 heteroatoms. The molecule has 1 heterocycles. The zero-order valence-corrected chi connectivity index (χ0v) is 6.45. The molecule has 0 radical (unpaired) electrons. The Balaban J connectivity index is 2.80. The summed E-state index contributed by atoms with van der Waals surface area (Å²) < 4.78 is 9.73. The van der Waals surface area contributed by atoms with Gasteiger partial charge in [-0.1, -0.05) is 13.2 Å². The van der Waals surface area contributed by atoms with Crippen LogP contribution in [0.25, 0.3) is 6.08 Å². The van der Waals surface area contributed by atoms with Gasteiger partial charge in [-0.3, -0.25) is 0 Å². The summed E-state index contributed by atoms with van der Waals surface area (Å²) in [6.07, 6.45) is 3.97. The van der Waals surface area contributed by atoms with Crippen LogP contribution in [0.5, 0.6) is 5.75 Å². The molecule has 0 aromatic carbocycles. The summed E-state index contributed by atoms with van der Waals surface area (Å²) >= 11 is 0. The van der Waals surface area contributed by atoms with Gasteiger partial charge >= 0.3 is 5.97 Å². The Morgan fingerprint density at radius 2 is 2.33 bits per heavy atom. The van der Waals surface area contributed by atoms with Crippen LogP contribution >= 0.6 is 0 Å². The van der Waals surface area contributed by atoms with Crippen molar-refractivity contribution in [3.63, 3.8) is 0 Å². The Morgan fingerprint density at radius 1 is 1.58 bits per heavy atom. The molecule has 0 amide bonds. The van der Waals surface area contributed by atoms with Gasteiger partial charge in [-0.2, -0.15) is 0 Å². The van der Waals surface area contributed by atoms with Crippen LogP contribution < -0.4 is 4.74 Å². The topological polar surface area (TPSA) is 39.4 Å². The summed E-state index contributed by atoms with van der Waals surface area (Å²) in [6, 6.07) is 1.54. The van der Waals surface area contributed by atoms with E-state index in [1.165, 1.54) is 12.3 Å². The number of carbonyl (C=O) groups is 1. The maximum Gasteiger partial charge on any atom is 0.335 e. The van der Waals surface area contributed by atoms with E-state index in [1.807, 2.05) is 0 Å². The van der Waals surface area contributed by atoms with Gasteiger partial charge in [0.05, 0.1) is 6.26 Å². The third-order valence-electron chi connectivity index (χ3n) is 1.22. The van der Waals surface area contributed by atoms with E-state index in [9.17, 15) is 4.79 Å². The fourth-order valence-corrected chi connectivity index (χ4v) is 0.692. The molecule has 62 valence electrons. The molecule has 0 N–H and O–H groups in total. The average molecular weight is 164 g/mol. The predicted molar refractivity (Wildman–Crippen MR) is 44.6 cm³/mol. The maximum absolute atomic E-state index is 10.7. The van der Waals surface area contributed by atoms with E-state index in [0.717, 1.165) is 6.08 Å².